The predicted octanol–water partition coefficient (Wildman–Crippen LogP) is -1.15. The molecular weight excluding hydrogens is 677 g/mol. The molecule has 0 radical (unpaired) electrons. The maximum absolute atomic E-state index is 11.7. The number of carbonyl (C=O) groups excluding carboxylic acids is 1. The molecule has 17 nitrogen and oxygen atoms in total. The molecule has 0 spiro atoms. The second kappa shape index (κ2) is 17.8. The molecule has 8 N–H and O–H groups in total. The molecule has 4 aromatic rings. The second-order valence-electron chi connectivity index (χ2n) is 10.1. The number of nitrogens with zero attached hydrogens (tertiary/aromatic N) is 4. The summed E-state index contributed by atoms with van der Waals surface area (Å²) in [5.41, 5.74) is 15.1. The molecule has 2 aromatic carbocycles. The number of benzene rings is 2. The normalized spacial score (nSPS) is 15.4. The van der Waals surface area contributed by atoms with Gasteiger partial charge in [0.2, 0.25) is 10.3 Å². The molecule has 2 atom stereocenters. The van der Waals surface area contributed by atoms with E-state index in [1.54, 1.807) is 38.1 Å². The topological polar surface area (TPSA) is 275 Å². The maximum Gasteiger partial charge on any atom is 1.00 e. The first-order chi connectivity index (χ1) is 21.9. The summed E-state index contributed by atoms with van der Waals surface area (Å²) < 4.78 is 26.9. The van der Waals surface area contributed by atoms with E-state index < -0.39 is 32.4 Å². The maximum atomic E-state index is 11.7. The molecule has 2 aliphatic heterocycles. The number of carbonyl (C=O) groups is 2. The Morgan fingerprint density at radius 1 is 0.837 bits per heavy atom. The molecule has 2 aromatic heterocycles. The number of nitrogen functional groups attached to an aromatic ring is 2. The van der Waals surface area contributed by atoms with Gasteiger partial charge in [0.25, 0.3) is 0 Å². The second-order valence-corrected chi connectivity index (χ2v) is 12.0. The van der Waals surface area contributed by atoms with E-state index in [1.807, 2.05) is 6.92 Å². The number of hydrogen-bond acceptors (Lipinski definition) is 18. The van der Waals surface area contributed by atoms with Crippen LogP contribution < -0.4 is 50.7 Å². The number of aryl methyl sites for hydroxylation is 2. The van der Waals surface area contributed by atoms with Crippen LogP contribution in [0, 0.1) is 13.8 Å². The molecule has 0 saturated heterocycles. The smallest absolute Gasteiger partial charge is 0.870 e. The fourth-order valence-corrected chi connectivity index (χ4v) is 6.10. The van der Waals surface area contributed by atoms with Gasteiger partial charge in [0.1, 0.15) is 11.5 Å². The molecule has 22 heteroatoms. The van der Waals surface area contributed by atoms with Crippen molar-refractivity contribution in [1.82, 2.24) is 20.4 Å². The summed E-state index contributed by atoms with van der Waals surface area (Å²) in [6.07, 6.45) is -1.38. The quantitative estimate of drug-likeness (QED) is 0.101. The Labute approximate surface area is 301 Å². The van der Waals surface area contributed by atoms with Gasteiger partial charge in [-0.1, -0.05) is 17.6 Å². The van der Waals surface area contributed by atoms with E-state index in [-0.39, 0.29) is 60.9 Å². The number of rotatable bonds is 9. The summed E-state index contributed by atoms with van der Waals surface area (Å²) >= 11 is 2.21. The van der Waals surface area contributed by atoms with Crippen LogP contribution in [0.3, 0.4) is 0 Å². The van der Waals surface area contributed by atoms with Crippen LogP contribution in [0.4, 0.5) is 10.3 Å². The van der Waals surface area contributed by atoms with Crippen LogP contribution in [0.2, 0.25) is 0 Å². The molecule has 256 valence electrons. The zero-order chi connectivity index (χ0) is 33.1. The number of carboxylic acids is 1. The van der Waals surface area contributed by atoms with Crippen molar-refractivity contribution in [3.05, 3.63) is 46.5 Å². The van der Waals surface area contributed by atoms with Gasteiger partial charge in [0.05, 0.1) is 31.7 Å². The number of hydrogen-bond donors (Lipinski definition) is 5. The molecular formula is C27H33B2LiN6O11S2. The van der Waals surface area contributed by atoms with Crippen LogP contribution in [-0.2, 0) is 23.6 Å². The van der Waals surface area contributed by atoms with Crippen molar-refractivity contribution >= 4 is 70.0 Å². The van der Waals surface area contributed by atoms with Gasteiger partial charge in [-0.2, -0.15) is 0 Å². The average molecular weight is 710 g/mol. The number of nitrogens with two attached hydrogens (primary N) is 2. The van der Waals surface area contributed by atoms with E-state index >= 15 is 0 Å². The van der Waals surface area contributed by atoms with Crippen LogP contribution in [0.5, 0.6) is 21.9 Å². The monoisotopic (exact) mass is 710 g/mol. The van der Waals surface area contributed by atoms with E-state index in [1.165, 1.54) is 0 Å². The first kappa shape index (κ1) is 41.4. The predicted molar refractivity (Wildman–Crippen MR) is 176 cm³/mol. The number of anilines is 2. The molecule has 0 amide bonds. The van der Waals surface area contributed by atoms with Crippen LogP contribution in [-0.4, -0.2) is 73.8 Å². The Balaban J connectivity index is 0.000000321. The van der Waals surface area contributed by atoms with Crippen LogP contribution in [0.15, 0.2) is 24.3 Å². The van der Waals surface area contributed by atoms with E-state index in [0.717, 1.165) is 39.4 Å². The number of aliphatic carboxylic acids is 1. The van der Waals surface area contributed by atoms with Gasteiger partial charge in [0.15, 0.2) is 0 Å². The Morgan fingerprint density at radius 2 is 1.27 bits per heavy atom. The van der Waals surface area contributed by atoms with Crippen molar-refractivity contribution in [1.29, 1.82) is 0 Å². The third-order valence-corrected chi connectivity index (χ3v) is 8.08. The van der Waals surface area contributed by atoms with E-state index in [9.17, 15) is 19.6 Å². The van der Waals surface area contributed by atoms with E-state index in [0.29, 0.717) is 44.9 Å². The largest absolute Gasteiger partial charge is 1.00 e. The molecule has 0 bridgehead atoms. The summed E-state index contributed by atoms with van der Waals surface area (Å²) in [7, 11) is -2.30. The van der Waals surface area contributed by atoms with Gasteiger partial charge in [-0.05, 0) is 101 Å². The average Bonchev–Trinajstić information content (AvgIpc) is 3.72. The molecule has 4 heterocycles. The molecule has 0 unspecified atom stereocenters. The molecule has 6 rings (SSSR count). The van der Waals surface area contributed by atoms with Gasteiger partial charge < -0.3 is 55.6 Å². The summed E-state index contributed by atoms with van der Waals surface area (Å²) in [6, 6.07) is 6.78. The SMILES string of the molecule is C.CCOC(=O)C[C@@H]1OB(O)c2cc(Oc3nnc(N)s3)cc(C)c21.Cc1cc(Oc2nnc(N)s2)cc2c1[C@H](CC(=O)O)OB2O.[Li+].[OH-]. The molecule has 49 heavy (non-hydrogen) atoms. The minimum Gasteiger partial charge on any atom is -0.870 e. The number of fused-ring (bicyclic) bond motifs is 2. The van der Waals surface area contributed by atoms with Crippen molar-refractivity contribution < 1.29 is 72.6 Å². The number of esters is 1. The molecule has 0 fully saturated rings. The Bertz CT molecular complexity index is 1770. The fourth-order valence-electron chi connectivity index (χ4n) is 5.14. The first-order valence-electron chi connectivity index (χ1n) is 13.8. The Morgan fingerprint density at radius 3 is 1.63 bits per heavy atom. The fraction of sp³-hybridized carbons (Fsp3) is 0.333. The van der Waals surface area contributed by atoms with Gasteiger partial charge in [-0.15, -0.1) is 10.2 Å². The van der Waals surface area contributed by atoms with Gasteiger partial charge >= 0.3 is 55.4 Å². The zero-order valence-electron chi connectivity index (χ0n) is 26.1. The van der Waals surface area contributed by atoms with Gasteiger partial charge in [-0.3, -0.25) is 9.59 Å². The molecule has 0 aliphatic carbocycles. The summed E-state index contributed by atoms with van der Waals surface area (Å²) in [5.74, 6) is -0.423. The first-order valence-corrected chi connectivity index (χ1v) is 15.4. The van der Waals surface area contributed by atoms with Crippen molar-refractivity contribution in [2.24, 2.45) is 0 Å². The van der Waals surface area contributed by atoms with Gasteiger partial charge in [-0.25, -0.2) is 0 Å². The minimum absolute atomic E-state index is 0. The number of ether oxygens (including phenoxy) is 3. The molecule has 2 aliphatic rings. The standard InChI is InChI=1S/C14H16BN3O5S.C12H12BN3O5S.CH4.Li.H2O/c1-3-21-11(19)6-10-12-7(2)4-8(5-9(12)15(20)23-10)22-14-18-17-13(16)24-14;1-5-2-6(20-12-16-15-11(14)22-12)3-7-10(5)8(4-9(17)18)21-13(7)19;;;/h4-5,10,20H,3,6H2,1-2H3,(H2,16,17);2-3,8,19H,4H2,1H3,(H2,14,15)(H,17,18);1H4;;1H2/q;;;+1;/p-1/t10-;8-;;;/m00.../s1. The Hall–Kier alpha value is -3.77. The van der Waals surface area contributed by atoms with Crippen LogP contribution in [0.1, 0.15) is 61.7 Å². The van der Waals surface area contributed by atoms with E-state index in [4.69, 9.17) is 40.1 Å². The zero-order valence-corrected chi connectivity index (χ0v) is 27.8. The number of aromatic nitrogens is 4. The minimum atomic E-state index is -1.18. The van der Waals surface area contributed by atoms with Crippen LogP contribution >= 0.6 is 22.7 Å². The summed E-state index contributed by atoms with van der Waals surface area (Å²) in [4.78, 5) is 22.6. The van der Waals surface area contributed by atoms with Crippen molar-refractivity contribution in [3.8, 4) is 21.9 Å². The van der Waals surface area contributed by atoms with Crippen LogP contribution in [0.25, 0.3) is 0 Å². The van der Waals surface area contributed by atoms with Crippen molar-refractivity contribution in [3.63, 3.8) is 0 Å². The van der Waals surface area contributed by atoms with E-state index in [2.05, 4.69) is 20.4 Å². The Kier molecular flexibility index (Phi) is 15.0. The summed E-state index contributed by atoms with van der Waals surface area (Å²) in [6.45, 7) is 5.71. The number of carboxylic acid groups (broad SMARTS) is 1. The third kappa shape index (κ3) is 9.91. The van der Waals surface area contributed by atoms with Gasteiger partial charge in [0, 0.05) is 0 Å². The summed E-state index contributed by atoms with van der Waals surface area (Å²) in [5, 5.41) is 45.1. The van der Waals surface area contributed by atoms with Crippen molar-refractivity contribution in [2.45, 2.75) is 53.2 Å². The third-order valence-electron chi connectivity index (χ3n) is 6.82. The van der Waals surface area contributed by atoms with Crippen molar-refractivity contribution in [2.75, 3.05) is 18.1 Å². The molecule has 0 saturated carbocycles.